The molecule has 0 saturated carbocycles. The summed E-state index contributed by atoms with van der Waals surface area (Å²) in [4.78, 5) is 17.3. The van der Waals surface area contributed by atoms with Crippen LogP contribution in [0, 0.1) is 5.82 Å². The molecule has 3 heterocycles. The zero-order chi connectivity index (χ0) is 19.1. The summed E-state index contributed by atoms with van der Waals surface area (Å²) in [5, 5.41) is 9.18. The number of fused-ring (bicyclic) bond motifs is 3. The number of rotatable bonds is 3. The molecule has 0 saturated heterocycles. The molecule has 0 aliphatic rings. The summed E-state index contributed by atoms with van der Waals surface area (Å²) in [5.74, 6) is 0.708. The molecule has 0 unspecified atom stereocenters. The summed E-state index contributed by atoms with van der Waals surface area (Å²) in [7, 11) is 0. The van der Waals surface area contributed by atoms with Gasteiger partial charge in [-0.2, -0.15) is 0 Å². The van der Waals surface area contributed by atoms with Crippen molar-refractivity contribution in [3.63, 3.8) is 0 Å². The van der Waals surface area contributed by atoms with E-state index in [1.54, 1.807) is 35.2 Å². The highest BCUT2D eigenvalue weighted by atomic mass is 19.1. The second-order valence-corrected chi connectivity index (χ2v) is 6.44. The zero-order valence-electron chi connectivity index (χ0n) is 14.7. The summed E-state index contributed by atoms with van der Waals surface area (Å²) < 4.78 is 16.7. The Kier molecular flexibility index (Phi) is 3.72. The Labute approximate surface area is 158 Å². The standard InChI is InChI=1S/C21H14FN5O/c22-16-9-7-14(8-10-16)13-26-20(28)17-5-1-2-6-18(17)27-19(24-25-21(26)27)15-4-3-11-23-12-15/h1-12H,13H2. The average Bonchev–Trinajstić information content (AvgIpc) is 3.18. The summed E-state index contributed by atoms with van der Waals surface area (Å²) in [6.07, 6.45) is 3.40. The Morgan fingerprint density at radius 1 is 0.929 bits per heavy atom. The summed E-state index contributed by atoms with van der Waals surface area (Å²) >= 11 is 0. The molecule has 0 fully saturated rings. The highest BCUT2D eigenvalue weighted by molar-refractivity contribution is 5.82. The first kappa shape index (κ1) is 16.3. The van der Waals surface area contributed by atoms with E-state index in [-0.39, 0.29) is 17.9 Å². The van der Waals surface area contributed by atoms with Gasteiger partial charge in [-0.3, -0.25) is 18.7 Å². The van der Waals surface area contributed by atoms with E-state index in [2.05, 4.69) is 15.2 Å². The molecule has 0 radical (unpaired) electrons. The number of pyridine rings is 1. The van der Waals surface area contributed by atoms with Crippen molar-refractivity contribution in [3.05, 3.63) is 94.8 Å². The normalized spacial score (nSPS) is 11.3. The van der Waals surface area contributed by atoms with Gasteiger partial charge in [0.2, 0.25) is 5.78 Å². The van der Waals surface area contributed by atoms with Crippen molar-refractivity contribution in [2.24, 2.45) is 0 Å². The van der Waals surface area contributed by atoms with Gasteiger partial charge in [0.05, 0.1) is 17.4 Å². The van der Waals surface area contributed by atoms with Crippen molar-refractivity contribution in [2.75, 3.05) is 0 Å². The number of benzene rings is 2. The fourth-order valence-corrected chi connectivity index (χ4v) is 3.36. The Morgan fingerprint density at radius 3 is 2.54 bits per heavy atom. The maximum atomic E-state index is 13.3. The summed E-state index contributed by atoms with van der Waals surface area (Å²) in [6, 6.07) is 17.1. The van der Waals surface area contributed by atoms with Crippen LogP contribution in [0.4, 0.5) is 4.39 Å². The average molecular weight is 371 g/mol. The van der Waals surface area contributed by atoms with Crippen LogP contribution in [0.5, 0.6) is 0 Å². The molecule has 2 aromatic carbocycles. The lowest BCUT2D eigenvalue weighted by atomic mass is 10.2. The van der Waals surface area contributed by atoms with E-state index in [1.165, 1.54) is 12.1 Å². The van der Waals surface area contributed by atoms with E-state index in [1.807, 2.05) is 34.7 Å². The molecule has 6 nitrogen and oxygen atoms in total. The molecule has 0 amide bonds. The van der Waals surface area contributed by atoms with Gasteiger partial charge in [0, 0.05) is 18.0 Å². The fraction of sp³-hybridized carbons (Fsp3) is 0.0476. The highest BCUT2D eigenvalue weighted by Gasteiger charge is 2.17. The summed E-state index contributed by atoms with van der Waals surface area (Å²) in [5.41, 5.74) is 2.15. The molecule has 0 bridgehead atoms. The van der Waals surface area contributed by atoms with Crippen molar-refractivity contribution >= 4 is 16.7 Å². The minimum absolute atomic E-state index is 0.169. The van der Waals surface area contributed by atoms with E-state index in [9.17, 15) is 9.18 Å². The number of halogens is 1. The Morgan fingerprint density at radius 2 is 1.75 bits per heavy atom. The van der Waals surface area contributed by atoms with Gasteiger partial charge >= 0.3 is 0 Å². The lowest BCUT2D eigenvalue weighted by Gasteiger charge is -2.11. The molecule has 0 N–H and O–H groups in total. The predicted octanol–water partition coefficient (Wildman–Crippen LogP) is 3.29. The lowest BCUT2D eigenvalue weighted by molar-refractivity contribution is 0.626. The van der Waals surface area contributed by atoms with Gasteiger partial charge in [-0.15, -0.1) is 10.2 Å². The third kappa shape index (κ3) is 2.56. The summed E-state index contributed by atoms with van der Waals surface area (Å²) in [6.45, 7) is 0.263. The zero-order valence-corrected chi connectivity index (χ0v) is 14.7. The smallest absolute Gasteiger partial charge is 0.263 e. The minimum atomic E-state index is -0.318. The monoisotopic (exact) mass is 371 g/mol. The molecular formula is C21H14FN5O. The van der Waals surface area contributed by atoms with Gasteiger partial charge in [-0.05, 0) is 42.0 Å². The van der Waals surface area contributed by atoms with E-state index in [4.69, 9.17) is 0 Å². The van der Waals surface area contributed by atoms with Crippen LogP contribution in [0.1, 0.15) is 5.56 Å². The Bertz CT molecular complexity index is 1360. The van der Waals surface area contributed by atoms with E-state index in [0.717, 1.165) is 16.6 Å². The van der Waals surface area contributed by atoms with Gasteiger partial charge < -0.3 is 0 Å². The number of hydrogen-bond acceptors (Lipinski definition) is 4. The van der Waals surface area contributed by atoms with E-state index >= 15 is 0 Å². The van der Waals surface area contributed by atoms with Crippen LogP contribution in [0.25, 0.3) is 28.1 Å². The Balaban J connectivity index is 1.82. The third-order valence-electron chi connectivity index (χ3n) is 4.68. The van der Waals surface area contributed by atoms with E-state index in [0.29, 0.717) is 17.0 Å². The van der Waals surface area contributed by atoms with Crippen LogP contribution in [0.2, 0.25) is 0 Å². The maximum absolute atomic E-state index is 13.3. The predicted molar refractivity (Wildman–Crippen MR) is 103 cm³/mol. The van der Waals surface area contributed by atoms with Crippen molar-refractivity contribution in [1.29, 1.82) is 0 Å². The molecular weight excluding hydrogens is 357 g/mol. The van der Waals surface area contributed by atoms with Gasteiger partial charge in [0.25, 0.3) is 5.56 Å². The number of hydrogen-bond donors (Lipinski definition) is 0. The van der Waals surface area contributed by atoms with E-state index < -0.39 is 0 Å². The molecule has 0 spiro atoms. The first-order valence-corrected chi connectivity index (χ1v) is 8.74. The minimum Gasteiger partial charge on any atom is -0.272 e. The quantitative estimate of drug-likeness (QED) is 0.488. The van der Waals surface area contributed by atoms with Crippen LogP contribution in [-0.4, -0.2) is 24.1 Å². The molecule has 136 valence electrons. The number of para-hydroxylation sites is 1. The SMILES string of the molecule is O=c1c2ccccc2n2c(-c3cccnc3)nnc2n1Cc1ccc(F)cc1. The molecule has 0 aliphatic heterocycles. The molecule has 3 aromatic heterocycles. The Hall–Kier alpha value is -3.87. The molecule has 0 atom stereocenters. The van der Waals surface area contributed by atoms with Crippen LogP contribution >= 0.6 is 0 Å². The molecule has 5 rings (SSSR count). The molecule has 28 heavy (non-hydrogen) atoms. The largest absolute Gasteiger partial charge is 0.272 e. The van der Waals surface area contributed by atoms with Crippen molar-refractivity contribution in [3.8, 4) is 11.4 Å². The van der Waals surface area contributed by atoms with Gasteiger partial charge in [0.15, 0.2) is 5.82 Å². The van der Waals surface area contributed by atoms with Crippen molar-refractivity contribution in [1.82, 2.24) is 24.1 Å². The van der Waals surface area contributed by atoms with Gasteiger partial charge in [0.1, 0.15) is 5.82 Å². The van der Waals surface area contributed by atoms with Crippen LogP contribution in [-0.2, 0) is 6.54 Å². The van der Waals surface area contributed by atoms with Gasteiger partial charge in [-0.1, -0.05) is 24.3 Å². The van der Waals surface area contributed by atoms with Crippen LogP contribution < -0.4 is 5.56 Å². The highest BCUT2D eigenvalue weighted by Crippen LogP contribution is 2.22. The fourth-order valence-electron chi connectivity index (χ4n) is 3.36. The van der Waals surface area contributed by atoms with Gasteiger partial charge in [-0.25, -0.2) is 4.39 Å². The second-order valence-electron chi connectivity index (χ2n) is 6.44. The first-order valence-electron chi connectivity index (χ1n) is 8.74. The van der Waals surface area contributed by atoms with Crippen molar-refractivity contribution < 1.29 is 4.39 Å². The number of nitrogens with zero attached hydrogens (tertiary/aromatic N) is 5. The topological polar surface area (TPSA) is 65.1 Å². The second kappa shape index (κ2) is 6.38. The molecule has 5 aromatic rings. The lowest BCUT2D eigenvalue weighted by Crippen LogP contribution is -2.24. The van der Waals surface area contributed by atoms with Crippen LogP contribution in [0.15, 0.2) is 77.9 Å². The number of aromatic nitrogens is 5. The van der Waals surface area contributed by atoms with Crippen LogP contribution in [0.3, 0.4) is 0 Å². The first-order chi connectivity index (χ1) is 13.7. The van der Waals surface area contributed by atoms with Crippen molar-refractivity contribution in [2.45, 2.75) is 6.54 Å². The molecule has 7 heteroatoms. The maximum Gasteiger partial charge on any atom is 0.263 e. The molecule has 0 aliphatic carbocycles. The third-order valence-corrected chi connectivity index (χ3v) is 4.68.